The van der Waals surface area contributed by atoms with Crippen molar-refractivity contribution < 1.29 is 18.7 Å². The zero-order chi connectivity index (χ0) is 20.3. The molecule has 0 radical (unpaired) electrons. The summed E-state index contributed by atoms with van der Waals surface area (Å²) in [7, 11) is 1.59. The molecule has 2 aromatic carbocycles. The summed E-state index contributed by atoms with van der Waals surface area (Å²) in [4.78, 5) is 12.5. The lowest BCUT2D eigenvalue weighted by atomic mass is 10.2. The Morgan fingerprint density at radius 1 is 1.11 bits per heavy atom. The second-order valence-corrected chi connectivity index (χ2v) is 6.54. The first kappa shape index (κ1) is 19.4. The summed E-state index contributed by atoms with van der Waals surface area (Å²) >= 11 is 0. The highest BCUT2D eigenvalue weighted by atomic mass is 19.1. The maximum Gasteiger partial charge on any atom is 0.276 e. The molecule has 3 aromatic rings. The minimum atomic E-state index is -0.571. The number of amides is 1. The van der Waals surface area contributed by atoms with Crippen LogP contribution in [0.1, 0.15) is 30.0 Å². The number of ether oxygens (including phenoxy) is 2. The Balaban J connectivity index is 1.78. The summed E-state index contributed by atoms with van der Waals surface area (Å²) in [6.07, 6.45) is -0.0651. The predicted molar refractivity (Wildman–Crippen MR) is 105 cm³/mol. The Hall–Kier alpha value is -3.35. The Kier molecular flexibility index (Phi) is 5.63. The molecule has 0 bridgehead atoms. The summed E-state index contributed by atoms with van der Waals surface area (Å²) < 4.78 is 26.5. The molecule has 0 atom stereocenters. The smallest absolute Gasteiger partial charge is 0.276 e. The van der Waals surface area contributed by atoms with E-state index >= 15 is 0 Å². The number of rotatable bonds is 6. The molecule has 146 valence electrons. The molecule has 0 aliphatic rings. The first-order valence-electron chi connectivity index (χ1n) is 8.86. The van der Waals surface area contributed by atoms with Crippen molar-refractivity contribution >= 4 is 11.6 Å². The van der Waals surface area contributed by atoms with Crippen LogP contribution in [0.5, 0.6) is 11.5 Å². The Labute approximate surface area is 162 Å². The van der Waals surface area contributed by atoms with Crippen molar-refractivity contribution in [1.29, 1.82) is 0 Å². The van der Waals surface area contributed by atoms with Crippen LogP contribution in [0, 0.1) is 12.7 Å². The zero-order valence-electron chi connectivity index (χ0n) is 16.2. The van der Waals surface area contributed by atoms with Gasteiger partial charge in [-0.25, -0.2) is 9.07 Å². The topological polar surface area (TPSA) is 65.4 Å². The van der Waals surface area contributed by atoms with Crippen molar-refractivity contribution in [2.45, 2.75) is 26.9 Å². The number of halogens is 1. The van der Waals surface area contributed by atoms with Gasteiger partial charge in [0.05, 0.1) is 24.6 Å². The molecule has 0 saturated heterocycles. The summed E-state index contributed by atoms with van der Waals surface area (Å²) in [6.45, 7) is 5.55. The number of nitrogens with zero attached hydrogens (tertiary/aromatic N) is 2. The molecule has 1 N–H and O–H groups in total. The van der Waals surface area contributed by atoms with Gasteiger partial charge >= 0.3 is 0 Å². The normalized spacial score (nSPS) is 10.8. The molecule has 7 heteroatoms. The van der Waals surface area contributed by atoms with Crippen molar-refractivity contribution in [2.24, 2.45) is 0 Å². The molecule has 0 saturated carbocycles. The summed E-state index contributed by atoms with van der Waals surface area (Å²) in [5, 5.41) is 6.89. The molecular weight excluding hydrogens is 361 g/mol. The van der Waals surface area contributed by atoms with Gasteiger partial charge in [-0.2, -0.15) is 5.10 Å². The number of hydrogen-bond donors (Lipinski definition) is 1. The number of benzene rings is 2. The van der Waals surface area contributed by atoms with Crippen LogP contribution in [0.4, 0.5) is 10.1 Å². The fourth-order valence-electron chi connectivity index (χ4n) is 2.70. The first-order valence-corrected chi connectivity index (χ1v) is 8.86. The van der Waals surface area contributed by atoms with Gasteiger partial charge in [-0.3, -0.25) is 4.79 Å². The summed E-state index contributed by atoms with van der Waals surface area (Å²) in [5.41, 5.74) is 1.82. The van der Waals surface area contributed by atoms with Gasteiger partial charge in [-0.05, 0) is 63.2 Å². The zero-order valence-corrected chi connectivity index (χ0v) is 16.2. The van der Waals surface area contributed by atoms with E-state index in [-0.39, 0.29) is 17.5 Å². The molecule has 1 heterocycles. The van der Waals surface area contributed by atoms with E-state index in [2.05, 4.69) is 10.4 Å². The van der Waals surface area contributed by atoms with Gasteiger partial charge in [0.15, 0.2) is 5.69 Å². The molecule has 1 amide bonds. The molecule has 0 unspecified atom stereocenters. The van der Waals surface area contributed by atoms with Crippen LogP contribution < -0.4 is 14.8 Å². The molecule has 0 aliphatic carbocycles. The van der Waals surface area contributed by atoms with E-state index in [0.29, 0.717) is 5.75 Å². The second kappa shape index (κ2) is 8.12. The van der Waals surface area contributed by atoms with Crippen molar-refractivity contribution in [3.63, 3.8) is 0 Å². The highest BCUT2D eigenvalue weighted by molar-refractivity contribution is 6.03. The average Bonchev–Trinajstić information content (AvgIpc) is 3.05. The summed E-state index contributed by atoms with van der Waals surface area (Å²) in [6, 6.07) is 13.3. The highest BCUT2D eigenvalue weighted by Gasteiger charge is 2.16. The fraction of sp³-hybridized carbons (Fsp3) is 0.238. The second-order valence-electron chi connectivity index (χ2n) is 6.54. The Morgan fingerprint density at radius 2 is 1.79 bits per heavy atom. The summed E-state index contributed by atoms with van der Waals surface area (Å²) in [5.74, 6) is 0.0709. The number of nitrogens with one attached hydrogen (secondary N) is 1. The molecule has 1 aromatic heterocycles. The fourth-order valence-corrected chi connectivity index (χ4v) is 2.70. The monoisotopic (exact) mass is 383 g/mol. The lowest BCUT2D eigenvalue weighted by molar-refractivity contribution is 0.102. The minimum Gasteiger partial charge on any atom is -0.497 e. The largest absolute Gasteiger partial charge is 0.497 e. The predicted octanol–water partition coefficient (Wildman–Crippen LogP) is 4.37. The number of aryl methyl sites for hydroxylation is 1. The molecule has 0 spiro atoms. The third kappa shape index (κ3) is 4.31. The maximum atomic E-state index is 14.3. The van der Waals surface area contributed by atoms with E-state index in [1.165, 1.54) is 12.1 Å². The SMILES string of the molecule is COc1ccc(-n2nc(C(=O)Nc3ccc(OC(C)C)cc3F)cc2C)cc1. The van der Waals surface area contributed by atoms with E-state index in [1.54, 1.807) is 23.9 Å². The third-order valence-corrected chi connectivity index (χ3v) is 4.00. The molecule has 3 rings (SSSR count). The van der Waals surface area contributed by atoms with Crippen LogP contribution in [-0.4, -0.2) is 28.9 Å². The van der Waals surface area contributed by atoms with Crippen molar-refractivity contribution in [3.8, 4) is 17.2 Å². The van der Waals surface area contributed by atoms with Crippen LogP contribution in [-0.2, 0) is 0 Å². The third-order valence-electron chi connectivity index (χ3n) is 4.00. The van der Waals surface area contributed by atoms with E-state index in [9.17, 15) is 9.18 Å². The lowest BCUT2D eigenvalue weighted by Crippen LogP contribution is -2.14. The van der Waals surface area contributed by atoms with Gasteiger partial charge in [0.2, 0.25) is 0 Å². The van der Waals surface area contributed by atoms with Crippen molar-refractivity contribution in [2.75, 3.05) is 12.4 Å². The maximum absolute atomic E-state index is 14.3. The van der Waals surface area contributed by atoms with Gasteiger partial charge in [-0.15, -0.1) is 0 Å². The van der Waals surface area contributed by atoms with Crippen molar-refractivity contribution in [3.05, 3.63) is 65.7 Å². The Morgan fingerprint density at radius 3 is 2.39 bits per heavy atom. The molecule has 0 fully saturated rings. The van der Waals surface area contributed by atoms with E-state index in [0.717, 1.165) is 17.1 Å². The van der Waals surface area contributed by atoms with Crippen LogP contribution in [0.2, 0.25) is 0 Å². The number of anilines is 1. The van der Waals surface area contributed by atoms with Crippen LogP contribution in [0.15, 0.2) is 48.5 Å². The van der Waals surface area contributed by atoms with Gasteiger partial charge in [0.25, 0.3) is 5.91 Å². The van der Waals surface area contributed by atoms with Crippen LogP contribution in [0.25, 0.3) is 5.69 Å². The van der Waals surface area contributed by atoms with E-state index in [1.807, 2.05) is 45.0 Å². The number of carbonyl (C=O) groups excluding carboxylic acids is 1. The quantitative estimate of drug-likeness (QED) is 0.687. The van der Waals surface area contributed by atoms with Crippen molar-refractivity contribution in [1.82, 2.24) is 9.78 Å². The highest BCUT2D eigenvalue weighted by Crippen LogP contribution is 2.22. The molecule has 28 heavy (non-hydrogen) atoms. The number of carbonyl (C=O) groups is 1. The number of methoxy groups -OCH3 is 1. The van der Waals surface area contributed by atoms with E-state index < -0.39 is 11.7 Å². The van der Waals surface area contributed by atoms with Gasteiger partial charge in [0.1, 0.15) is 17.3 Å². The lowest BCUT2D eigenvalue weighted by Gasteiger charge is -2.11. The first-order chi connectivity index (χ1) is 13.4. The van der Waals surface area contributed by atoms with Crippen LogP contribution in [0.3, 0.4) is 0 Å². The molecule has 0 aliphatic heterocycles. The number of hydrogen-bond acceptors (Lipinski definition) is 4. The van der Waals surface area contributed by atoms with Gasteiger partial charge in [-0.1, -0.05) is 0 Å². The van der Waals surface area contributed by atoms with Gasteiger partial charge < -0.3 is 14.8 Å². The van der Waals surface area contributed by atoms with Gasteiger partial charge in [0, 0.05) is 11.8 Å². The standard InChI is InChI=1S/C21H22FN3O3/c1-13(2)28-17-9-10-19(18(22)12-17)23-21(26)20-11-14(3)25(24-20)15-5-7-16(27-4)8-6-15/h5-13H,1-4H3,(H,23,26). The molecular formula is C21H22FN3O3. The number of aromatic nitrogens is 2. The van der Waals surface area contributed by atoms with Crippen LogP contribution >= 0.6 is 0 Å². The minimum absolute atomic E-state index is 0.0651. The Bertz CT molecular complexity index is 981. The average molecular weight is 383 g/mol. The van der Waals surface area contributed by atoms with E-state index in [4.69, 9.17) is 9.47 Å². The molecule has 6 nitrogen and oxygen atoms in total.